The van der Waals surface area contributed by atoms with E-state index < -0.39 is 6.04 Å². The molecule has 7 nitrogen and oxygen atoms in total. The van der Waals surface area contributed by atoms with Crippen molar-refractivity contribution in [1.82, 2.24) is 15.5 Å². The lowest BCUT2D eigenvalue weighted by molar-refractivity contribution is -0.141. The number of thiophene rings is 1. The molecule has 0 radical (unpaired) electrons. The predicted molar refractivity (Wildman–Crippen MR) is 124 cm³/mol. The van der Waals surface area contributed by atoms with Crippen molar-refractivity contribution >= 4 is 29.1 Å². The molecule has 1 aliphatic rings. The number of amides is 3. The lowest BCUT2D eigenvalue weighted by atomic mass is 9.95. The van der Waals surface area contributed by atoms with E-state index in [2.05, 4.69) is 24.5 Å². The summed E-state index contributed by atoms with van der Waals surface area (Å²) in [6, 6.07) is 6.21. The van der Waals surface area contributed by atoms with E-state index >= 15 is 0 Å². The Balaban J connectivity index is 1.76. The first kappa shape index (κ1) is 24.0. The highest BCUT2D eigenvalue weighted by Gasteiger charge is 2.34. The molecule has 0 spiro atoms. The van der Waals surface area contributed by atoms with Gasteiger partial charge in [0.1, 0.15) is 5.76 Å². The molecule has 2 N–H and O–H groups in total. The van der Waals surface area contributed by atoms with Crippen LogP contribution in [0.15, 0.2) is 40.3 Å². The minimum Gasteiger partial charge on any atom is -0.467 e. The molecule has 1 fully saturated rings. The smallest absolute Gasteiger partial charge is 0.261 e. The molecule has 174 valence electrons. The minimum absolute atomic E-state index is 0.120. The van der Waals surface area contributed by atoms with Crippen molar-refractivity contribution in [3.63, 3.8) is 0 Å². The van der Waals surface area contributed by atoms with Gasteiger partial charge in [0.2, 0.25) is 5.91 Å². The summed E-state index contributed by atoms with van der Waals surface area (Å²) < 4.78 is 5.59. The Bertz CT molecular complexity index is 858. The van der Waals surface area contributed by atoms with Gasteiger partial charge in [-0.25, -0.2) is 0 Å². The lowest BCUT2D eigenvalue weighted by Gasteiger charge is -2.32. The van der Waals surface area contributed by atoms with E-state index in [0.29, 0.717) is 23.1 Å². The minimum atomic E-state index is -0.864. The molecule has 0 unspecified atom stereocenters. The molecule has 2 heterocycles. The van der Waals surface area contributed by atoms with E-state index in [9.17, 15) is 14.4 Å². The first-order valence-electron chi connectivity index (χ1n) is 11.4. The number of furan rings is 1. The Morgan fingerprint density at radius 3 is 2.56 bits per heavy atom. The molecule has 8 heteroatoms. The van der Waals surface area contributed by atoms with Crippen molar-refractivity contribution in [1.29, 1.82) is 0 Å². The van der Waals surface area contributed by atoms with Crippen LogP contribution in [-0.4, -0.2) is 41.8 Å². The van der Waals surface area contributed by atoms with Crippen molar-refractivity contribution in [2.45, 2.75) is 64.5 Å². The summed E-state index contributed by atoms with van der Waals surface area (Å²) >= 11 is 1.32. The SMILES string of the molecule is CC(C)CCN(C(=O)CNC(=O)c1cccs1)[C@H](C(=O)NC1CCCCC1)c1ccco1. The molecular formula is C24H33N3O4S. The highest BCUT2D eigenvalue weighted by molar-refractivity contribution is 7.12. The Labute approximate surface area is 193 Å². The maximum Gasteiger partial charge on any atom is 0.261 e. The van der Waals surface area contributed by atoms with Gasteiger partial charge in [0, 0.05) is 12.6 Å². The standard InChI is InChI=1S/C24H33N3O4S/c1-17(2)12-13-27(21(28)16-25-23(29)20-11-7-15-32-20)22(19-10-6-14-31-19)24(30)26-18-8-4-3-5-9-18/h6-7,10-11,14-15,17-18,22H,3-5,8-9,12-13,16H2,1-2H3,(H,25,29)(H,26,30)/t22-/m0/s1. The fourth-order valence-corrected chi connectivity index (χ4v) is 4.59. The molecule has 2 aromatic rings. The first-order chi connectivity index (χ1) is 15.5. The Morgan fingerprint density at radius 1 is 1.16 bits per heavy atom. The van der Waals surface area contributed by atoms with Gasteiger partial charge in [0.25, 0.3) is 11.8 Å². The number of hydrogen-bond donors (Lipinski definition) is 2. The fraction of sp³-hybridized carbons (Fsp3) is 0.542. The Morgan fingerprint density at radius 2 is 1.94 bits per heavy atom. The second kappa shape index (κ2) is 11.9. The second-order valence-corrected chi connectivity index (χ2v) is 9.64. The highest BCUT2D eigenvalue weighted by Crippen LogP contribution is 2.25. The quantitative estimate of drug-likeness (QED) is 0.559. The van der Waals surface area contributed by atoms with E-state index in [1.807, 2.05) is 5.38 Å². The van der Waals surface area contributed by atoms with E-state index in [-0.39, 0.29) is 30.3 Å². The average molecular weight is 460 g/mol. The molecule has 1 aliphatic carbocycles. The highest BCUT2D eigenvalue weighted by atomic mass is 32.1. The maximum absolute atomic E-state index is 13.4. The molecule has 32 heavy (non-hydrogen) atoms. The molecule has 1 atom stereocenters. The second-order valence-electron chi connectivity index (χ2n) is 8.69. The van der Waals surface area contributed by atoms with Crippen LogP contribution >= 0.6 is 11.3 Å². The number of nitrogens with one attached hydrogen (secondary N) is 2. The number of nitrogens with zero attached hydrogens (tertiary/aromatic N) is 1. The maximum atomic E-state index is 13.4. The number of carbonyl (C=O) groups is 3. The molecule has 0 aliphatic heterocycles. The molecule has 1 saturated carbocycles. The summed E-state index contributed by atoms with van der Waals surface area (Å²) in [4.78, 5) is 41.0. The van der Waals surface area contributed by atoms with Crippen LogP contribution in [0.5, 0.6) is 0 Å². The van der Waals surface area contributed by atoms with Crippen LogP contribution in [0.1, 0.15) is 73.8 Å². The van der Waals surface area contributed by atoms with E-state index in [4.69, 9.17) is 4.42 Å². The summed E-state index contributed by atoms with van der Waals surface area (Å²) in [5.74, 6) is -0.0488. The normalized spacial score (nSPS) is 15.3. The Kier molecular flexibility index (Phi) is 8.90. The van der Waals surface area contributed by atoms with Gasteiger partial charge in [-0.2, -0.15) is 0 Å². The third kappa shape index (κ3) is 6.69. The number of rotatable bonds is 10. The van der Waals surface area contributed by atoms with Crippen LogP contribution in [0.3, 0.4) is 0 Å². The largest absolute Gasteiger partial charge is 0.467 e. The van der Waals surface area contributed by atoms with Gasteiger partial charge >= 0.3 is 0 Å². The van der Waals surface area contributed by atoms with Gasteiger partial charge in [0.05, 0.1) is 17.7 Å². The van der Waals surface area contributed by atoms with Crippen molar-refractivity contribution in [3.8, 4) is 0 Å². The molecule has 3 amide bonds. The summed E-state index contributed by atoms with van der Waals surface area (Å²) in [6.45, 7) is 4.37. The summed E-state index contributed by atoms with van der Waals surface area (Å²) in [5, 5.41) is 7.64. The van der Waals surface area contributed by atoms with Gasteiger partial charge in [-0.1, -0.05) is 39.2 Å². The number of hydrogen-bond acceptors (Lipinski definition) is 5. The van der Waals surface area contributed by atoms with Crippen molar-refractivity contribution in [2.24, 2.45) is 5.92 Å². The zero-order valence-electron chi connectivity index (χ0n) is 18.8. The van der Waals surface area contributed by atoms with Gasteiger partial charge in [0.15, 0.2) is 6.04 Å². The Hall–Kier alpha value is -2.61. The van der Waals surface area contributed by atoms with Gasteiger partial charge < -0.3 is 20.0 Å². The molecular weight excluding hydrogens is 426 g/mol. The fourth-order valence-electron chi connectivity index (χ4n) is 3.95. The van der Waals surface area contributed by atoms with Gasteiger partial charge in [-0.3, -0.25) is 14.4 Å². The topological polar surface area (TPSA) is 91.7 Å². The van der Waals surface area contributed by atoms with E-state index in [1.54, 1.807) is 29.2 Å². The van der Waals surface area contributed by atoms with Crippen molar-refractivity contribution in [3.05, 3.63) is 46.5 Å². The first-order valence-corrected chi connectivity index (χ1v) is 12.3. The monoisotopic (exact) mass is 459 g/mol. The van der Waals surface area contributed by atoms with Crippen molar-refractivity contribution in [2.75, 3.05) is 13.1 Å². The van der Waals surface area contributed by atoms with Gasteiger partial charge in [-0.15, -0.1) is 11.3 Å². The van der Waals surface area contributed by atoms with Crippen LogP contribution in [0.2, 0.25) is 0 Å². The lowest BCUT2D eigenvalue weighted by Crippen LogP contribution is -2.49. The van der Waals surface area contributed by atoms with Crippen LogP contribution < -0.4 is 10.6 Å². The summed E-state index contributed by atoms with van der Waals surface area (Å²) in [7, 11) is 0. The molecule has 3 rings (SSSR count). The van der Waals surface area contributed by atoms with Crippen LogP contribution in [0.4, 0.5) is 0 Å². The summed E-state index contributed by atoms with van der Waals surface area (Å²) in [6.07, 6.45) is 7.54. The molecule has 2 aromatic heterocycles. The van der Waals surface area contributed by atoms with E-state index in [0.717, 1.165) is 32.1 Å². The van der Waals surface area contributed by atoms with Crippen LogP contribution in [0, 0.1) is 5.92 Å². The summed E-state index contributed by atoms with van der Waals surface area (Å²) in [5.41, 5.74) is 0. The molecule has 0 aromatic carbocycles. The average Bonchev–Trinajstić information content (AvgIpc) is 3.49. The molecule has 0 bridgehead atoms. The van der Waals surface area contributed by atoms with Gasteiger partial charge in [-0.05, 0) is 48.8 Å². The number of carbonyl (C=O) groups excluding carboxylic acids is 3. The van der Waals surface area contributed by atoms with Crippen LogP contribution in [-0.2, 0) is 9.59 Å². The zero-order valence-corrected chi connectivity index (χ0v) is 19.7. The van der Waals surface area contributed by atoms with E-state index in [1.165, 1.54) is 24.0 Å². The third-order valence-electron chi connectivity index (χ3n) is 5.74. The molecule has 0 saturated heterocycles. The van der Waals surface area contributed by atoms with Crippen molar-refractivity contribution < 1.29 is 18.8 Å². The van der Waals surface area contributed by atoms with Crippen LogP contribution in [0.25, 0.3) is 0 Å². The predicted octanol–water partition coefficient (Wildman–Crippen LogP) is 4.14. The zero-order chi connectivity index (χ0) is 22.9. The third-order valence-corrected chi connectivity index (χ3v) is 6.61.